The number of carbonyl (C=O) groups excluding carboxylic acids is 1. The van der Waals surface area contributed by atoms with Gasteiger partial charge in [-0.3, -0.25) is 4.79 Å². The number of rotatable bonds is 4. The zero-order chi connectivity index (χ0) is 18.8. The largest absolute Gasteiger partial charge is 0.496 e. The summed E-state index contributed by atoms with van der Waals surface area (Å²) in [5.74, 6) is 1.34. The number of methoxy groups -OCH3 is 1. The number of hydrogen-bond acceptors (Lipinski definition) is 3. The SMILES string of the molecule is COc1ccc(F)cc1C[NH+]1CCN(C(=O)[C@@H]2Cc3ccccc3O2)CC1. The molecule has 27 heavy (non-hydrogen) atoms. The van der Waals surface area contributed by atoms with Crippen LogP contribution in [-0.2, 0) is 17.8 Å². The van der Waals surface area contributed by atoms with Crippen molar-refractivity contribution in [3.8, 4) is 11.5 Å². The molecule has 2 aliphatic rings. The second kappa shape index (κ2) is 7.56. The van der Waals surface area contributed by atoms with Crippen LogP contribution in [0.15, 0.2) is 42.5 Å². The molecule has 2 heterocycles. The number of nitrogens with zero attached hydrogens (tertiary/aromatic N) is 1. The number of fused-ring (bicyclic) bond motifs is 1. The first-order chi connectivity index (χ1) is 13.1. The Labute approximate surface area is 158 Å². The Balaban J connectivity index is 1.33. The van der Waals surface area contributed by atoms with Crippen molar-refractivity contribution in [2.45, 2.75) is 19.1 Å². The molecular formula is C21H24FN2O3+. The summed E-state index contributed by atoms with van der Waals surface area (Å²) >= 11 is 0. The van der Waals surface area contributed by atoms with Crippen LogP contribution >= 0.6 is 0 Å². The van der Waals surface area contributed by atoms with Crippen molar-refractivity contribution in [3.05, 3.63) is 59.4 Å². The van der Waals surface area contributed by atoms with Gasteiger partial charge in [-0.15, -0.1) is 0 Å². The molecule has 0 unspecified atom stereocenters. The summed E-state index contributed by atoms with van der Waals surface area (Å²) < 4.78 is 24.7. The number of amides is 1. The van der Waals surface area contributed by atoms with E-state index < -0.39 is 6.10 Å². The Morgan fingerprint density at radius 1 is 1.26 bits per heavy atom. The van der Waals surface area contributed by atoms with Crippen molar-refractivity contribution in [2.24, 2.45) is 0 Å². The lowest BCUT2D eigenvalue weighted by Gasteiger charge is -2.33. The number of nitrogens with one attached hydrogen (secondary N) is 1. The van der Waals surface area contributed by atoms with Crippen LogP contribution in [-0.4, -0.2) is 50.2 Å². The lowest BCUT2D eigenvalue weighted by atomic mass is 10.1. The predicted octanol–water partition coefficient (Wildman–Crippen LogP) is 1.07. The Hall–Kier alpha value is -2.60. The van der Waals surface area contributed by atoms with E-state index in [0.29, 0.717) is 31.8 Å². The average molecular weight is 371 g/mol. The van der Waals surface area contributed by atoms with Gasteiger partial charge in [0, 0.05) is 6.42 Å². The molecule has 6 heteroatoms. The molecule has 1 amide bonds. The summed E-state index contributed by atoms with van der Waals surface area (Å²) in [7, 11) is 1.60. The van der Waals surface area contributed by atoms with Crippen LogP contribution in [0.3, 0.4) is 0 Å². The van der Waals surface area contributed by atoms with Crippen LogP contribution in [0, 0.1) is 5.82 Å². The van der Waals surface area contributed by atoms with Gasteiger partial charge in [0.2, 0.25) is 0 Å². The van der Waals surface area contributed by atoms with Gasteiger partial charge >= 0.3 is 0 Å². The number of halogens is 1. The van der Waals surface area contributed by atoms with Crippen LogP contribution in [0.25, 0.3) is 0 Å². The normalized spacial score (nSPS) is 19.5. The molecule has 2 aromatic rings. The van der Waals surface area contributed by atoms with Crippen LogP contribution < -0.4 is 14.4 Å². The second-order valence-corrected chi connectivity index (χ2v) is 7.13. The molecule has 142 valence electrons. The van der Waals surface area contributed by atoms with Crippen LogP contribution in [0.1, 0.15) is 11.1 Å². The standard InChI is InChI=1S/C21H23FN2O3/c1-26-18-7-6-17(22)12-16(18)14-23-8-10-24(11-9-23)21(25)20-13-15-4-2-3-5-19(15)27-20/h2-7,12,20H,8-11,13-14H2,1H3/p+1/t20-/m0/s1. The highest BCUT2D eigenvalue weighted by Crippen LogP contribution is 2.29. The Morgan fingerprint density at radius 3 is 2.78 bits per heavy atom. The topological polar surface area (TPSA) is 43.2 Å². The van der Waals surface area contributed by atoms with E-state index in [2.05, 4.69) is 0 Å². The quantitative estimate of drug-likeness (QED) is 0.874. The molecule has 0 spiro atoms. The van der Waals surface area contributed by atoms with Crippen molar-refractivity contribution >= 4 is 5.91 Å². The zero-order valence-electron chi connectivity index (χ0n) is 15.4. The van der Waals surface area contributed by atoms with E-state index in [9.17, 15) is 9.18 Å². The molecule has 0 aromatic heterocycles. The molecule has 1 N–H and O–H groups in total. The Morgan fingerprint density at radius 2 is 2.04 bits per heavy atom. The smallest absolute Gasteiger partial charge is 0.264 e. The minimum Gasteiger partial charge on any atom is -0.496 e. The third-order valence-electron chi connectivity index (χ3n) is 5.39. The maximum atomic E-state index is 13.6. The van der Waals surface area contributed by atoms with Crippen molar-refractivity contribution in [1.82, 2.24) is 4.90 Å². The summed E-state index contributed by atoms with van der Waals surface area (Å²) in [6, 6.07) is 12.4. The van der Waals surface area contributed by atoms with E-state index in [1.54, 1.807) is 13.2 Å². The fourth-order valence-corrected chi connectivity index (χ4v) is 3.90. The van der Waals surface area contributed by atoms with Gasteiger partial charge in [-0.25, -0.2) is 4.39 Å². The summed E-state index contributed by atoms with van der Waals surface area (Å²) in [5, 5.41) is 0. The summed E-state index contributed by atoms with van der Waals surface area (Å²) in [6.07, 6.45) is 0.231. The molecule has 0 bridgehead atoms. The molecule has 1 fully saturated rings. The minimum atomic E-state index is -0.410. The van der Waals surface area contributed by atoms with Crippen LogP contribution in [0.2, 0.25) is 0 Å². The average Bonchev–Trinajstić information content (AvgIpc) is 3.12. The van der Waals surface area contributed by atoms with Crippen molar-refractivity contribution in [3.63, 3.8) is 0 Å². The van der Waals surface area contributed by atoms with E-state index in [-0.39, 0.29) is 11.7 Å². The zero-order valence-corrected chi connectivity index (χ0v) is 15.4. The molecule has 2 aromatic carbocycles. The van der Waals surface area contributed by atoms with E-state index >= 15 is 0 Å². The van der Waals surface area contributed by atoms with Gasteiger partial charge in [0.15, 0.2) is 6.10 Å². The highest BCUT2D eigenvalue weighted by Gasteiger charge is 2.34. The maximum absolute atomic E-state index is 13.6. The third kappa shape index (κ3) is 3.76. The number of hydrogen-bond donors (Lipinski definition) is 1. The Bertz CT molecular complexity index is 809. The van der Waals surface area contributed by atoms with Gasteiger partial charge in [-0.2, -0.15) is 0 Å². The molecule has 0 aliphatic carbocycles. The van der Waals surface area contributed by atoms with Crippen LogP contribution in [0.5, 0.6) is 11.5 Å². The Kier molecular flexibility index (Phi) is 4.99. The first kappa shape index (κ1) is 17.8. The number of para-hydroxylation sites is 1. The lowest BCUT2D eigenvalue weighted by Crippen LogP contribution is -3.13. The molecule has 5 nitrogen and oxygen atoms in total. The van der Waals surface area contributed by atoms with Crippen LogP contribution in [0.4, 0.5) is 4.39 Å². The van der Waals surface area contributed by atoms with E-state index in [1.165, 1.54) is 17.0 Å². The molecule has 2 aliphatic heterocycles. The van der Waals surface area contributed by atoms with Gasteiger partial charge in [0.25, 0.3) is 5.91 Å². The lowest BCUT2D eigenvalue weighted by molar-refractivity contribution is -0.917. The molecule has 0 radical (unpaired) electrons. The van der Waals surface area contributed by atoms with Gasteiger partial charge < -0.3 is 19.3 Å². The van der Waals surface area contributed by atoms with Gasteiger partial charge in [-0.1, -0.05) is 18.2 Å². The van der Waals surface area contributed by atoms with Gasteiger partial charge in [-0.05, 0) is 29.8 Å². The highest BCUT2D eigenvalue weighted by molar-refractivity contribution is 5.82. The fraction of sp³-hybridized carbons (Fsp3) is 0.381. The first-order valence-electron chi connectivity index (χ1n) is 9.33. The number of quaternary nitrogens is 1. The third-order valence-corrected chi connectivity index (χ3v) is 5.39. The number of piperazine rings is 1. The van der Waals surface area contributed by atoms with E-state index in [4.69, 9.17) is 9.47 Å². The van der Waals surface area contributed by atoms with Crippen molar-refractivity contribution < 1.29 is 23.6 Å². The summed E-state index contributed by atoms with van der Waals surface area (Å²) in [6.45, 7) is 3.70. The molecule has 1 saturated heterocycles. The van der Waals surface area contributed by atoms with E-state index in [1.807, 2.05) is 29.2 Å². The monoisotopic (exact) mass is 371 g/mol. The first-order valence-corrected chi connectivity index (χ1v) is 9.33. The predicted molar refractivity (Wildman–Crippen MR) is 98.5 cm³/mol. The molecule has 4 rings (SSSR count). The minimum absolute atomic E-state index is 0.0635. The highest BCUT2D eigenvalue weighted by atomic mass is 19.1. The maximum Gasteiger partial charge on any atom is 0.264 e. The number of carbonyl (C=O) groups is 1. The second-order valence-electron chi connectivity index (χ2n) is 7.13. The molecular weight excluding hydrogens is 347 g/mol. The van der Waals surface area contributed by atoms with Gasteiger partial charge in [0.05, 0.1) is 38.9 Å². The van der Waals surface area contributed by atoms with Crippen molar-refractivity contribution in [1.29, 1.82) is 0 Å². The van der Waals surface area contributed by atoms with Crippen molar-refractivity contribution in [2.75, 3.05) is 33.3 Å². The molecule has 0 saturated carbocycles. The fourth-order valence-electron chi connectivity index (χ4n) is 3.90. The molecule has 1 atom stereocenters. The number of benzene rings is 2. The summed E-state index contributed by atoms with van der Waals surface area (Å²) in [4.78, 5) is 16.0. The summed E-state index contributed by atoms with van der Waals surface area (Å²) in [5.41, 5.74) is 1.96. The van der Waals surface area contributed by atoms with Gasteiger partial charge in [0.1, 0.15) is 23.9 Å². The van der Waals surface area contributed by atoms with E-state index in [0.717, 1.165) is 30.0 Å². The number of ether oxygens (including phenoxy) is 2.